The molecule has 0 atom stereocenters. The number of nitrogens with zero attached hydrogens (tertiary/aromatic N) is 1. The van der Waals surface area contributed by atoms with Crippen LogP contribution in [-0.4, -0.2) is 10.5 Å². The lowest BCUT2D eigenvalue weighted by molar-refractivity contribution is 0.0461. The van der Waals surface area contributed by atoms with Gasteiger partial charge in [0.1, 0.15) is 12.3 Å². The van der Waals surface area contributed by atoms with E-state index in [0.717, 1.165) is 0 Å². The Morgan fingerprint density at radius 2 is 2.11 bits per heavy atom. The first-order valence-electron chi connectivity index (χ1n) is 5.50. The van der Waals surface area contributed by atoms with Crippen molar-refractivity contribution in [2.24, 2.45) is 7.05 Å². The number of halogens is 2. The van der Waals surface area contributed by atoms with Crippen LogP contribution in [-0.2, 0) is 18.4 Å². The van der Waals surface area contributed by atoms with Gasteiger partial charge in [0.2, 0.25) is 0 Å². The van der Waals surface area contributed by atoms with Crippen molar-refractivity contribution in [1.82, 2.24) is 4.57 Å². The zero-order valence-corrected chi connectivity index (χ0v) is 11.7. The number of carbonyl (C=O) groups is 1. The molecule has 0 amide bonds. The van der Waals surface area contributed by atoms with Crippen molar-refractivity contribution in [2.75, 3.05) is 5.73 Å². The number of carbonyl (C=O) groups excluding carboxylic acids is 1. The van der Waals surface area contributed by atoms with E-state index in [0.29, 0.717) is 27.0 Å². The number of rotatable bonds is 3. The Balaban J connectivity index is 2.08. The van der Waals surface area contributed by atoms with E-state index in [2.05, 4.69) is 0 Å². The molecule has 4 nitrogen and oxygen atoms in total. The Morgan fingerprint density at radius 3 is 2.74 bits per heavy atom. The van der Waals surface area contributed by atoms with Crippen molar-refractivity contribution < 1.29 is 9.53 Å². The van der Waals surface area contributed by atoms with E-state index in [1.165, 1.54) is 0 Å². The van der Waals surface area contributed by atoms with Crippen molar-refractivity contribution >= 4 is 34.9 Å². The summed E-state index contributed by atoms with van der Waals surface area (Å²) in [5.41, 5.74) is 7.15. The fourth-order valence-electron chi connectivity index (χ4n) is 1.66. The minimum absolute atomic E-state index is 0.0588. The highest BCUT2D eigenvalue weighted by Crippen LogP contribution is 2.22. The van der Waals surface area contributed by atoms with Gasteiger partial charge >= 0.3 is 5.97 Å². The Kier molecular flexibility index (Phi) is 4.02. The standard InChI is InChI=1S/C13H12Cl2N2O2/c1-17-6-10(16)5-12(17)13(18)19-7-8-4-9(14)2-3-11(8)15/h2-6H,7,16H2,1H3. The maximum absolute atomic E-state index is 11.9. The van der Waals surface area contributed by atoms with Crippen LogP contribution in [0.15, 0.2) is 30.5 Å². The number of benzene rings is 1. The molecular formula is C13H12Cl2N2O2. The third kappa shape index (κ3) is 3.22. The lowest BCUT2D eigenvalue weighted by Gasteiger charge is -2.07. The number of esters is 1. The third-order valence-corrected chi connectivity index (χ3v) is 3.21. The first-order chi connectivity index (χ1) is 8.97. The highest BCUT2D eigenvalue weighted by molar-refractivity contribution is 6.33. The zero-order chi connectivity index (χ0) is 14.0. The van der Waals surface area contributed by atoms with Crippen LogP contribution < -0.4 is 5.73 Å². The van der Waals surface area contributed by atoms with E-state index in [9.17, 15) is 4.79 Å². The molecule has 0 unspecified atom stereocenters. The maximum Gasteiger partial charge on any atom is 0.355 e. The molecule has 100 valence electrons. The Labute approximate surface area is 120 Å². The number of nitrogens with two attached hydrogens (primary N) is 1. The average Bonchev–Trinajstić information content (AvgIpc) is 2.69. The van der Waals surface area contributed by atoms with Crippen LogP contribution in [0.2, 0.25) is 10.0 Å². The largest absolute Gasteiger partial charge is 0.456 e. The summed E-state index contributed by atoms with van der Waals surface area (Å²) in [5, 5.41) is 1.04. The van der Waals surface area contributed by atoms with Gasteiger partial charge in [-0.3, -0.25) is 0 Å². The molecule has 2 rings (SSSR count). The smallest absolute Gasteiger partial charge is 0.355 e. The molecule has 0 bridgehead atoms. The molecule has 0 saturated heterocycles. The molecule has 0 aliphatic rings. The Bertz CT molecular complexity index is 623. The molecule has 0 aliphatic carbocycles. The summed E-state index contributed by atoms with van der Waals surface area (Å²) in [6.45, 7) is 0.0588. The minimum atomic E-state index is -0.463. The number of hydrogen-bond donors (Lipinski definition) is 1. The van der Waals surface area contributed by atoms with Crippen molar-refractivity contribution in [1.29, 1.82) is 0 Å². The number of anilines is 1. The molecule has 0 aliphatic heterocycles. The summed E-state index contributed by atoms with van der Waals surface area (Å²) in [6.07, 6.45) is 1.64. The highest BCUT2D eigenvalue weighted by atomic mass is 35.5. The van der Waals surface area contributed by atoms with Gasteiger partial charge in [-0.15, -0.1) is 0 Å². The maximum atomic E-state index is 11.9. The minimum Gasteiger partial charge on any atom is -0.456 e. The van der Waals surface area contributed by atoms with Crippen LogP contribution in [0.25, 0.3) is 0 Å². The number of nitrogen functional groups attached to an aromatic ring is 1. The lowest BCUT2D eigenvalue weighted by Crippen LogP contribution is -2.09. The normalized spacial score (nSPS) is 10.5. The molecule has 1 aromatic carbocycles. The van der Waals surface area contributed by atoms with Gasteiger partial charge in [-0.1, -0.05) is 23.2 Å². The van der Waals surface area contributed by atoms with E-state index in [1.807, 2.05) is 0 Å². The molecule has 1 heterocycles. The van der Waals surface area contributed by atoms with Crippen LogP contribution in [0.5, 0.6) is 0 Å². The summed E-state index contributed by atoms with van der Waals surface area (Å²) in [7, 11) is 1.72. The SMILES string of the molecule is Cn1cc(N)cc1C(=O)OCc1cc(Cl)ccc1Cl. The fraction of sp³-hybridized carbons (Fsp3) is 0.154. The Morgan fingerprint density at radius 1 is 1.37 bits per heavy atom. The van der Waals surface area contributed by atoms with Crippen molar-refractivity contribution in [3.05, 3.63) is 51.8 Å². The van der Waals surface area contributed by atoms with E-state index < -0.39 is 5.97 Å². The van der Waals surface area contributed by atoms with E-state index >= 15 is 0 Å². The second kappa shape index (κ2) is 5.55. The predicted molar refractivity (Wildman–Crippen MR) is 75.4 cm³/mol. The average molecular weight is 299 g/mol. The first-order valence-corrected chi connectivity index (χ1v) is 6.26. The molecule has 0 saturated carbocycles. The lowest BCUT2D eigenvalue weighted by atomic mass is 10.2. The first kappa shape index (κ1) is 13.8. The number of ether oxygens (including phenoxy) is 1. The summed E-state index contributed by atoms with van der Waals surface area (Å²) >= 11 is 11.8. The van der Waals surface area contributed by atoms with Gasteiger partial charge in [-0.05, 0) is 24.3 Å². The van der Waals surface area contributed by atoms with E-state index in [1.54, 1.807) is 42.1 Å². The van der Waals surface area contributed by atoms with Crippen molar-refractivity contribution in [3.63, 3.8) is 0 Å². The number of aryl methyl sites for hydroxylation is 1. The summed E-state index contributed by atoms with van der Waals surface area (Å²) in [5.74, 6) is -0.463. The number of hydrogen-bond acceptors (Lipinski definition) is 3. The van der Waals surface area contributed by atoms with E-state index in [4.69, 9.17) is 33.7 Å². The number of aromatic nitrogens is 1. The van der Waals surface area contributed by atoms with Gasteiger partial charge in [-0.25, -0.2) is 4.79 Å². The summed E-state index contributed by atoms with van der Waals surface area (Å²) < 4.78 is 6.79. The second-order valence-electron chi connectivity index (χ2n) is 4.08. The highest BCUT2D eigenvalue weighted by Gasteiger charge is 2.13. The molecular weight excluding hydrogens is 287 g/mol. The molecule has 19 heavy (non-hydrogen) atoms. The second-order valence-corrected chi connectivity index (χ2v) is 4.93. The molecule has 1 aromatic heterocycles. The zero-order valence-electron chi connectivity index (χ0n) is 10.2. The van der Waals surface area contributed by atoms with Crippen molar-refractivity contribution in [3.8, 4) is 0 Å². The van der Waals surface area contributed by atoms with Crippen molar-refractivity contribution in [2.45, 2.75) is 6.61 Å². The predicted octanol–water partition coefficient (Wildman–Crippen LogP) is 3.27. The van der Waals surface area contributed by atoms with Crippen LogP contribution in [0, 0.1) is 0 Å². The third-order valence-electron chi connectivity index (χ3n) is 2.60. The van der Waals surface area contributed by atoms with Crippen LogP contribution in [0.1, 0.15) is 16.1 Å². The molecule has 0 spiro atoms. The summed E-state index contributed by atoms with van der Waals surface area (Å²) in [4.78, 5) is 11.9. The monoisotopic (exact) mass is 298 g/mol. The molecule has 0 radical (unpaired) electrons. The molecule has 2 aromatic rings. The fourth-order valence-corrected chi connectivity index (χ4v) is 2.03. The van der Waals surface area contributed by atoms with Gasteiger partial charge in [0, 0.05) is 28.9 Å². The van der Waals surface area contributed by atoms with Gasteiger partial charge in [0.15, 0.2) is 0 Å². The topological polar surface area (TPSA) is 57.2 Å². The molecule has 6 heteroatoms. The van der Waals surface area contributed by atoms with Gasteiger partial charge in [-0.2, -0.15) is 0 Å². The van der Waals surface area contributed by atoms with Crippen LogP contribution in [0.3, 0.4) is 0 Å². The van der Waals surface area contributed by atoms with Gasteiger partial charge in [0.05, 0.1) is 5.69 Å². The van der Waals surface area contributed by atoms with E-state index in [-0.39, 0.29) is 6.61 Å². The molecule has 0 fully saturated rings. The molecule has 2 N–H and O–H groups in total. The summed E-state index contributed by atoms with van der Waals surface area (Å²) in [6, 6.07) is 6.55. The quantitative estimate of drug-likeness (QED) is 0.885. The Hall–Kier alpha value is -1.65. The van der Waals surface area contributed by atoms with Crippen LogP contribution >= 0.6 is 23.2 Å². The van der Waals surface area contributed by atoms with Gasteiger partial charge in [0.25, 0.3) is 0 Å². The van der Waals surface area contributed by atoms with Gasteiger partial charge < -0.3 is 15.0 Å². The van der Waals surface area contributed by atoms with Crippen LogP contribution in [0.4, 0.5) is 5.69 Å².